The van der Waals surface area contributed by atoms with E-state index in [4.69, 9.17) is 11.6 Å². The Kier molecular flexibility index (Phi) is 8.26. The van der Waals surface area contributed by atoms with Gasteiger partial charge in [0.05, 0.1) is 29.5 Å². The maximum atomic E-state index is 13.5. The molecule has 1 amide bonds. The zero-order chi connectivity index (χ0) is 25.6. The summed E-state index contributed by atoms with van der Waals surface area (Å²) in [4.78, 5) is 24.3. The van der Waals surface area contributed by atoms with Crippen molar-refractivity contribution in [1.29, 1.82) is 0 Å². The van der Waals surface area contributed by atoms with Crippen LogP contribution in [0, 0.1) is 13.8 Å². The van der Waals surface area contributed by atoms with E-state index < -0.39 is 28.4 Å². The first-order valence-electron chi connectivity index (χ1n) is 10.5. The number of rotatable bonds is 8. The second-order valence-electron chi connectivity index (χ2n) is 7.66. The number of nitrogens with one attached hydrogen (secondary N) is 1. The Bertz CT molecular complexity index is 1350. The minimum absolute atomic E-state index is 0.0458. The normalized spacial score (nSPS) is 11.3. The maximum Gasteiger partial charge on any atom is 0.337 e. The quantitative estimate of drug-likeness (QED) is 0.277. The first kappa shape index (κ1) is 25.9. The lowest BCUT2D eigenvalue weighted by Crippen LogP contribution is -2.40. The van der Waals surface area contributed by atoms with Crippen LogP contribution in [-0.2, 0) is 19.6 Å². The number of anilines is 1. The number of aryl methyl sites for hydroxylation is 2. The van der Waals surface area contributed by atoms with Crippen LogP contribution in [0.1, 0.15) is 27.0 Å². The summed E-state index contributed by atoms with van der Waals surface area (Å²) in [6.07, 6.45) is 1.38. The lowest BCUT2D eigenvalue weighted by atomic mass is 10.1. The average Bonchev–Trinajstić information content (AvgIpc) is 2.84. The molecule has 0 aliphatic rings. The summed E-state index contributed by atoms with van der Waals surface area (Å²) in [5, 5.41) is 4.24. The van der Waals surface area contributed by atoms with Gasteiger partial charge in [-0.15, -0.1) is 0 Å². The van der Waals surface area contributed by atoms with Crippen molar-refractivity contribution in [3.8, 4) is 0 Å². The standard InChI is InChI=1S/C25H24ClN3O5S/c1-17-4-12-22(13-5-17)35(32,33)29(23-14-21(26)11-6-18(23)2)16-24(30)28-27-15-19-7-9-20(10-8-19)25(31)34-3/h4-15H,16H2,1-3H3,(H,28,30)/b27-15-. The zero-order valence-electron chi connectivity index (χ0n) is 19.4. The molecule has 0 fully saturated rings. The third kappa shape index (κ3) is 6.46. The molecule has 0 spiro atoms. The van der Waals surface area contributed by atoms with Crippen molar-refractivity contribution in [3.05, 3.63) is 94.0 Å². The van der Waals surface area contributed by atoms with Gasteiger partial charge in [-0.05, 0) is 61.4 Å². The van der Waals surface area contributed by atoms with Crippen molar-refractivity contribution < 1.29 is 22.7 Å². The number of nitrogens with zero attached hydrogens (tertiary/aromatic N) is 2. The molecule has 0 atom stereocenters. The highest BCUT2D eigenvalue weighted by molar-refractivity contribution is 7.92. The summed E-state index contributed by atoms with van der Waals surface area (Å²) in [6.45, 7) is 3.07. The van der Waals surface area contributed by atoms with Gasteiger partial charge in [-0.1, -0.05) is 47.5 Å². The molecule has 0 saturated heterocycles. The average molecular weight is 514 g/mol. The lowest BCUT2D eigenvalue weighted by Gasteiger charge is -2.25. The van der Waals surface area contributed by atoms with Crippen LogP contribution in [0.15, 0.2) is 76.7 Å². The molecule has 3 rings (SSSR count). The van der Waals surface area contributed by atoms with Crippen LogP contribution >= 0.6 is 11.6 Å². The van der Waals surface area contributed by atoms with Gasteiger partial charge in [-0.25, -0.2) is 18.6 Å². The van der Waals surface area contributed by atoms with Gasteiger partial charge in [0.15, 0.2) is 0 Å². The van der Waals surface area contributed by atoms with Crippen molar-refractivity contribution >= 4 is 45.4 Å². The van der Waals surface area contributed by atoms with Crippen LogP contribution in [-0.4, -0.2) is 40.2 Å². The van der Waals surface area contributed by atoms with Gasteiger partial charge in [-0.3, -0.25) is 9.10 Å². The molecule has 3 aromatic rings. The molecule has 10 heteroatoms. The zero-order valence-corrected chi connectivity index (χ0v) is 20.9. The van der Waals surface area contributed by atoms with Crippen molar-refractivity contribution in [2.24, 2.45) is 5.10 Å². The van der Waals surface area contributed by atoms with Crippen molar-refractivity contribution in [3.63, 3.8) is 0 Å². The van der Waals surface area contributed by atoms with E-state index in [1.165, 1.54) is 31.5 Å². The molecular weight excluding hydrogens is 490 g/mol. The minimum Gasteiger partial charge on any atom is -0.465 e. The molecule has 0 aliphatic heterocycles. The first-order valence-corrected chi connectivity index (χ1v) is 12.3. The molecule has 0 saturated carbocycles. The molecule has 0 bridgehead atoms. The number of amides is 1. The Morgan fingerprint density at radius 2 is 1.69 bits per heavy atom. The molecule has 1 N–H and O–H groups in total. The van der Waals surface area contributed by atoms with Crippen molar-refractivity contribution in [1.82, 2.24) is 5.43 Å². The van der Waals surface area contributed by atoms with E-state index in [-0.39, 0.29) is 10.6 Å². The van der Waals surface area contributed by atoms with Crippen LogP contribution in [0.3, 0.4) is 0 Å². The summed E-state index contributed by atoms with van der Waals surface area (Å²) in [5.74, 6) is -1.12. The van der Waals surface area contributed by atoms with Crippen LogP contribution in [0.25, 0.3) is 0 Å². The molecule has 0 unspecified atom stereocenters. The fourth-order valence-corrected chi connectivity index (χ4v) is 4.80. The Morgan fingerprint density at radius 3 is 2.31 bits per heavy atom. The predicted molar refractivity (Wildman–Crippen MR) is 135 cm³/mol. The highest BCUT2D eigenvalue weighted by Crippen LogP contribution is 2.29. The molecule has 0 aromatic heterocycles. The molecule has 35 heavy (non-hydrogen) atoms. The fourth-order valence-electron chi connectivity index (χ4n) is 3.16. The summed E-state index contributed by atoms with van der Waals surface area (Å²) in [5.41, 5.74) is 5.17. The monoisotopic (exact) mass is 513 g/mol. The number of hydrogen-bond acceptors (Lipinski definition) is 6. The largest absolute Gasteiger partial charge is 0.465 e. The predicted octanol–water partition coefficient (Wildman–Crippen LogP) is 4.09. The van der Waals surface area contributed by atoms with Crippen LogP contribution in [0.5, 0.6) is 0 Å². The van der Waals surface area contributed by atoms with Gasteiger partial charge in [0.2, 0.25) is 0 Å². The molecule has 3 aromatic carbocycles. The molecule has 8 nitrogen and oxygen atoms in total. The van der Waals surface area contributed by atoms with Crippen LogP contribution in [0.4, 0.5) is 5.69 Å². The van der Waals surface area contributed by atoms with Gasteiger partial charge in [0, 0.05) is 5.02 Å². The Hall–Kier alpha value is -3.69. The third-order valence-corrected chi connectivity index (χ3v) is 7.08. The molecule has 182 valence electrons. The van der Waals surface area contributed by atoms with Gasteiger partial charge >= 0.3 is 5.97 Å². The van der Waals surface area contributed by atoms with Gasteiger partial charge < -0.3 is 4.74 Å². The number of hydrazone groups is 1. The number of carbonyl (C=O) groups is 2. The van der Waals surface area contributed by atoms with E-state index in [1.807, 2.05) is 6.92 Å². The Morgan fingerprint density at radius 1 is 1.03 bits per heavy atom. The van der Waals surface area contributed by atoms with E-state index in [0.29, 0.717) is 21.7 Å². The smallest absolute Gasteiger partial charge is 0.337 e. The molecule has 0 heterocycles. The topological polar surface area (TPSA) is 105 Å². The number of ether oxygens (including phenoxy) is 1. The molecule has 0 radical (unpaired) electrons. The van der Waals surface area contributed by atoms with Crippen LogP contribution < -0.4 is 9.73 Å². The van der Waals surface area contributed by atoms with Crippen molar-refractivity contribution in [2.45, 2.75) is 18.7 Å². The van der Waals surface area contributed by atoms with E-state index in [2.05, 4.69) is 15.3 Å². The van der Waals surface area contributed by atoms with Crippen molar-refractivity contribution in [2.75, 3.05) is 18.0 Å². The second kappa shape index (κ2) is 11.2. The van der Waals surface area contributed by atoms with E-state index in [0.717, 1.165) is 9.87 Å². The number of hydrogen-bond donors (Lipinski definition) is 1. The van der Waals surface area contributed by atoms with Gasteiger partial charge in [0.25, 0.3) is 15.9 Å². The lowest BCUT2D eigenvalue weighted by molar-refractivity contribution is -0.119. The summed E-state index contributed by atoms with van der Waals surface area (Å²) in [6, 6.07) is 17.6. The Labute approximate surface area is 209 Å². The summed E-state index contributed by atoms with van der Waals surface area (Å²) in [7, 11) is -2.79. The number of methoxy groups -OCH3 is 1. The maximum absolute atomic E-state index is 13.5. The molecule has 0 aliphatic carbocycles. The van der Waals surface area contributed by atoms with E-state index >= 15 is 0 Å². The number of esters is 1. The fraction of sp³-hybridized carbons (Fsp3) is 0.160. The van der Waals surface area contributed by atoms with E-state index in [9.17, 15) is 18.0 Å². The highest BCUT2D eigenvalue weighted by atomic mass is 35.5. The molecular formula is C25H24ClN3O5S. The number of sulfonamides is 1. The van der Waals surface area contributed by atoms with Gasteiger partial charge in [-0.2, -0.15) is 5.10 Å². The number of halogens is 1. The summed E-state index contributed by atoms with van der Waals surface area (Å²) >= 11 is 6.13. The minimum atomic E-state index is -4.08. The van der Waals surface area contributed by atoms with Crippen LogP contribution in [0.2, 0.25) is 5.02 Å². The first-order chi connectivity index (χ1) is 16.6. The third-order valence-electron chi connectivity index (χ3n) is 5.07. The van der Waals surface area contributed by atoms with Gasteiger partial charge in [0.1, 0.15) is 6.54 Å². The SMILES string of the molecule is COC(=O)c1ccc(/C=N\NC(=O)CN(c2cc(Cl)ccc2C)S(=O)(=O)c2ccc(C)cc2)cc1. The Balaban J connectivity index is 1.83. The number of benzene rings is 3. The number of carbonyl (C=O) groups excluding carboxylic acids is 2. The second-order valence-corrected chi connectivity index (χ2v) is 9.96. The highest BCUT2D eigenvalue weighted by Gasteiger charge is 2.28. The summed E-state index contributed by atoms with van der Waals surface area (Å²) < 4.78 is 32.6. The van der Waals surface area contributed by atoms with E-state index in [1.54, 1.807) is 55.5 Å².